The van der Waals surface area contributed by atoms with E-state index in [4.69, 9.17) is 9.72 Å². The van der Waals surface area contributed by atoms with E-state index in [1.807, 2.05) is 17.2 Å². The summed E-state index contributed by atoms with van der Waals surface area (Å²) in [5.74, 6) is 0.398. The first kappa shape index (κ1) is 22.8. The van der Waals surface area contributed by atoms with Crippen molar-refractivity contribution in [3.05, 3.63) is 54.1 Å². The quantitative estimate of drug-likeness (QED) is 0.458. The molecule has 0 radical (unpaired) electrons. The Morgan fingerprint density at radius 1 is 1.15 bits per heavy atom. The average Bonchev–Trinajstić information content (AvgIpc) is 3.23. The maximum Gasteiger partial charge on any atom is 0.410 e. The van der Waals surface area contributed by atoms with Gasteiger partial charge in [0.25, 0.3) is 0 Å². The monoisotopic (exact) mass is 461 g/mol. The summed E-state index contributed by atoms with van der Waals surface area (Å²) < 4.78 is 7.72. The number of carbonyl (C=O) groups is 1. The molecule has 6 rings (SSSR count). The van der Waals surface area contributed by atoms with E-state index in [1.165, 1.54) is 5.69 Å². The summed E-state index contributed by atoms with van der Waals surface area (Å²) in [4.78, 5) is 26.8. The zero-order chi connectivity index (χ0) is 23.7. The van der Waals surface area contributed by atoms with Crippen LogP contribution < -0.4 is 0 Å². The molecule has 34 heavy (non-hydrogen) atoms. The molecule has 3 aromatic heterocycles. The fourth-order valence-corrected chi connectivity index (χ4v) is 5.23. The highest BCUT2D eigenvalue weighted by atomic mass is 16.6. The van der Waals surface area contributed by atoms with Crippen LogP contribution in [0.4, 0.5) is 4.79 Å². The summed E-state index contributed by atoms with van der Waals surface area (Å²) in [6, 6.07) is 10.9. The first-order valence-corrected chi connectivity index (χ1v) is 12.6. The number of ether oxygens (including phenoxy) is 1. The van der Waals surface area contributed by atoms with Crippen LogP contribution in [0.5, 0.6) is 0 Å². The summed E-state index contributed by atoms with van der Waals surface area (Å²) in [6.45, 7) is 9.36. The number of piperidine rings is 2. The Kier molecular flexibility index (Phi) is 6.55. The van der Waals surface area contributed by atoms with E-state index in [9.17, 15) is 4.79 Å². The molecule has 0 spiro atoms. The van der Waals surface area contributed by atoms with E-state index >= 15 is 0 Å². The van der Waals surface area contributed by atoms with Crippen LogP contribution in [0.3, 0.4) is 0 Å². The van der Waals surface area contributed by atoms with E-state index in [-0.39, 0.29) is 12.1 Å². The Labute approximate surface area is 201 Å². The van der Waals surface area contributed by atoms with Crippen LogP contribution in [0.25, 0.3) is 16.9 Å². The highest BCUT2D eigenvalue weighted by Crippen LogP contribution is 2.33. The van der Waals surface area contributed by atoms with E-state index < -0.39 is 0 Å². The van der Waals surface area contributed by atoms with Gasteiger partial charge in [-0.05, 0) is 49.4 Å². The average molecular weight is 462 g/mol. The first-order chi connectivity index (χ1) is 16.5. The number of pyridine rings is 2. The van der Waals surface area contributed by atoms with Gasteiger partial charge in [-0.3, -0.25) is 9.88 Å². The molecule has 3 aliphatic rings. The van der Waals surface area contributed by atoms with Gasteiger partial charge in [0.05, 0.1) is 18.0 Å². The fraction of sp³-hybridized carbons (Fsp3) is 0.519. The summed E-state index contributed by atoms with van der Waals surface area (Å²) in [7, 11) is 0. The Morgan fingerprint density at radius 2 is 2.00 bits per heavy atom. The molecule has 1 amide bonds. The van der Waals surface area contributed by atoms with Gasteiger partial charge in [0.15, 0.2) is 0 Å². The topological polar surface area (TPSA) is 63.0 Å². The molecule has 180 valence electrons. The number of unbranched alkanes of at least 4 members (excludes halogenated alkanes) is 1. The van der Waals surface area contributed by atoms with Crippen LogP contribution in [-0.4, -0.2) is 62.0 Å². The van der Waals surface area contributed by atoms with Gasteiger partial charge in [-0.2, -0.15) is 0 Å². The molecule has 3 aliphatic heterocycles. The molecule has 3 saturated heterocycles. The minimum atomic E-state index is -0.144. The normalized spacial score (nSPS) is 20.4. The predicted octanol–water partition coefficient (Wildman–Crippen LogP) is 5.11. The molecule has 2 bridgehead atoms. The number of hydrogen-bond acceptors (Lipinski definition) is 5. The zero-order valence-corrected chi connectivity index (χ0v) is 20.5. The van der Waals surface area contributed by atoms with Gasteiger partial charge >= 0.3 is 6.09 Å². The molecule has 0 aromatic carbocycles. The molecule has 7 nitrogen and oxygen atoms in total. The molecule has 2 atom stereocenters. The van der Waals surface area contributed by atoms with Gasteiger partial charge in [-0.1, -0.05) is 33.3 Å². The lowest BCUT2D eigenvalue weighted by atomic mass is 9.91. The second-order valence-corrected chi connectivity index (χ2v) is 9.90. The largest absolute Gasteiger partial charge is 0.449 e. The van der Waals surface area contributed by atoms with Crippen molar-refractivity contribution in [1.82, 2.24) is 24.2 Å². The number of carbonyl (C=O) groups excluding carboxylic acids is 1. The Morgan fingerprint density at radius 3 is 2.71 bits per heavy atom. The summed E-state index contributed by atoms with van der Waals surface area (Å²) in [6.07, 6.45) is 8.02. The molecule has 0 N–H and O–H groups in total. The lowest BCUT2D eigenvalue weighted by Crippen LogP contribution is -2.63. The minimum Gasteiger partial charge on any atom is -0.449 e. The van der Waals surface area contributed by atoms with Crippen molar-refractivity contribution in [3.63, 3.8) is 0 Å². The van der Waals surface area contributed by atoms with Gasteiger partial charge in [0.2, 0.25) is 0 Å². The molecule has 2 unspecified atom stereocenters. The van der Waals surface area contributed by atoms with Crippen molar-refractivity contribution < 1.29 is 9.53 Å². The van der Waals surface area contributed by atoms with Gasteiger partial charge < -0.3 is 14.0 Å². The molecule has 3 aromatic rings. The number of nitrogens with zero attached hydrogens (tertiary/aromatic N) is 5. The third-order valence-corrected chi connectivity index (χ3v) is 7.23. The predicted molar refractivity (Wildman–Crippen MR) is 133 cm³/mol. The summed E-state index contributed by atoms with van der Waals surface area (Å²) >= 11 is 0. The van der Waals surface area contributed by atoms with E-state index in [0.29, 0.717) is 18.6 Å². The first-order valence-electron chi connectivity index (χ1n) is 12.6. The Balaban J connectivity index is 1.38. The van der Waals surface area contributed by atoms with E-state index in [0.717, 1.165) is 67.9 Å². The second kappa shape index (κ2) is 9.74. The van der Waals surface area contributed by atoms with Crippen molar-refractivity contribution in [2.75, 3.05) is 19.7 Å². The smallest absolute Gasteiger partial charge is 0.410 e. The minimum absolute atomic E-state index is 0.144. The standard InChI is InChI=1S/C27H35N5O2/c1-4-5-14-34-27(33)32-17-21-10-11-22(32)16-30(21)18-24-26(29-25-8-6-7-13-31(24)25)20-9-12-23(19(2)3)28-15-20/h6-9,12-13,15,19,21-22H,4-5,10-11,14,16-18H2,1-3H3. The van der Waals surface area contributed by atoms with Crippen LogP contribution in [0.1, 0.15) is 63.8 Å². The lowest BCUT2D eigenvalue weighted by Gasteiger charge is -2.50. The molecule has 0 aliphatic carbocycles. The van der Waals surface area contributed by atoms with Gasteiger partial charge in [-0.25, -0.2) is 9.78 Å². The number of hydrogen-bond donors (Lipinski definition) is 0. The van der Waals surface area contributed by atoms with Gasteiger partial charge in [-0.15, -0.1) is 0 Å². The van der Waals surface area contributed by atoms with Crippen LogP contribution >= 0.6 is 0 Å². The second-order valence-electron chi connectivity index (χ2n) is 9.90. The van der Waals surface area contributed by atoms with E-state index in [1.54, 1.807) is 0 Å². The van der Waals surface area contributed by atoms with Crippen molar-refractivity contribution >= 4 is 11.7 Å². The van der Waals surface area contributed by atoms with Gasteiger partial charge in [0.1, 0.15) is 5.65 Å². The lowest BCUT2D eigenvalue weighted by molar-refractivity contribution is -0.0241. The number of imidazole rings is 1. The number of amides is 1. The zero-order valence-electron chi connectivity index (χ0n) is 20.5. The van der Waals surface area contributed by atoms with Crippen LogP contribution in [-0.2, 0) is 11.3 Å². The summed E-state index contributed by atoms with van der Waals surface area (Å²) in [5.41, 5.74) is 5.26. The third-order valence-electron chi connectivity index (χ3n) is 7.23. The molecule has 7 heteroatoms. The highest BCUT2D eigenvalue weighted by Gasteiger charge is 2.42. The van der Waals surface area contributed by atoms with Crippen molar-refractivity contribution in [1.29, 1.82) is 0 Å². The fourth-order valence-electron chi connectivity index (χ4n) is 5.23. The highest BCUT2D eigenvalue weighted by molar-refractivity contribution is 5.69. The molecular formula is C27H35N5O2. The number of piperazine rings is 1. The van der Waals surface area contributed by atoms with Crippen LogP contribution in [0.2, 0.25) is 0 Å². The number of aromatic nitrogens is 3. The Hall–Kier alpha value is -2.93. The Bertz CT molecular complexity index is 1140. The molecule has 0 saturated carbocycles. The van der Waals surface area contributed by atoms with Crippen LogP contribution in [0.15, 0.2) is 42.7 Å². The SMILES string of the molecule is CCCCOC(=O)N1CC2CCC1CN2Cc1c(-c2ccc(C(C)C)nc2)nc2ccccn12. The number of fused-ring (bicyclic) bond motifs is 4. The van der Waals surface area contributed by atoms with Crippen molar-refractivity contribution in [3.8, 4) is 11.3 Å². The van der Waals surface area contributed by atoms with Crippen molar-refractivity contribution in [2.45, 2.75) is 71.0 Å². The van der Waals surface area contributed by atoms with Gasteiger partial charge in [0, 0.05) is 55.4 Å². The number of rotatable bonds is 7. The maximum absolute atomic E-state index is 12.6. The van der Waals surface area contributed by atoms with E-state index in [2.05, 4.69) is 65.5 Å². The van der Waals surface area contributed by atoms with Crippen molar-refractivity contribution in [2.24, 2.45) is 0 Å². The summed E-state index contributed by atoms with van der Waals surface area (Å²) in [5, 5.41) is 0. The third kappa shape index (κ3) is 4.41. The molecule has 3 fully saturated rings. The van der Waals surface area contributed by atoms with Crippen LogP contribution in [0, 0.1) is 0 Å². The molecule has 6 heterocycles. The maximum atomic E-state index is 12.6. The molecular weight excluding hydrogens is 426 g/mol.